The molecular weight excluding hydrogens is 290 g/mol. The van der Waals surface area contributed by atoms with Gasteiger partial charge in [-0.3, -0.25) is 14.4 Å². The molecule has 2 fully saturated rings. The molecule has 0 aromatic rings. The molecule has 0 aliphatic carbocycles. The fraction of sp³-hybridized carbons (Fsp3) is 0.714. The van der Waals surface area contributed by atoms with E-state index in [0.29, 0.717) is 18.0 Å². The maximum absolute atomic E-state index is 12.5. The van der Waals surface area contributed by atoms with Gasteiger partial charge in [-0.05, 0) is 27.2 Å². The number of carbonyl (C=O) groups is 4. The van der Waals surface area contributed by atoms with Gasteiger partial charge in [0.15, 0.2) is 0 Å². The lowest BCUT2D eigenvalue weighted by Gasteiger charge is -2.38. The highest BCUT2D eigenvalue weighted by Crippen LogP contribution is 2.21. The molecule has 2 saturated heterocycles. The zero-order valence-electron chi connectivity index (χ0n) is 13.0. The zero-order chi connectivity index (χ0) is 16.5. The first-order valence-corrected chi connectivity index (χ1v) is 7.30. The van der Waals surface area contributed by atoms with Gasteiger partial charge in [0.1, 0.15) is 11.6 Å². The van der Waals surface area contributed by atoms with Crippen molar-refractivity contribution in [2.24, 2.45) is 0 Å². The van der Waals surface area contributed by atoms with Gasteiger partial charge in [-0.15, -0.1) is 0 Å². The molecule has 2 heterocycles. The average molecular weight is 311 g/mol. The van der Waals surface area contributed by atoms with Crippen molar-refractivity contribution in [1.82, 2.24) is 15.1 Å². The minimum Gasteiger partial charge on any atom is -0.443 e. The average Bonchev–Trinajstić information content (AvgIpc) is 2.38. The Morgan fingerprint density at radius 1 is 1.23 bits per heavy atom. The number of nitrogens with zero attached hydrogens (tertiary/aromatic N) is 2. The van der Waals surface area contributed by atoms with Gasteiger partial charge in [-0.1, -0.05) is 0 Å². The lowest BCUT2D eigenvalue weighted by atomic mass is 10.0. The second-order valence-electron chi connectivity index (χ2n) is 6.37. The quantitative estimate of drug-likeness (QED) is 0.678. The van der Waals surface area contributed by atoms with Crippen molar-refractivity contribution in [2.75, 3.05) is 19.6 Å². The Balaban J connectivity index is 2.16. The van der Waals surface area contributed by atoms with Crippen molar-refractivity contribution in [2.45, 2.75) is 45.3 Å². The van der Waals surface area contributed by atoms with Crippen LogP contribution in [0.5, 0.6) is 0 Å². The van der Waals surface area contributed by atoms with E-state index < -0.39 is 29.6 Å². The van der Waals surface area contributed by atoms with Gasteiger partial charge in [-0.25, -0.2) is 4.79 Å². The number of likely N-dealkylation sites (tertiary alicyclic amines) is 1. The number of hydrogen-bond acceptors (Lipinski definition) is 6. The summed E-state index contributed by atoms with van der Waals surface area (Å²) < 4.78 is 5.11. The van der Waals surface area contributed by atoms with Crippen molar-refractivity contribution < 1.29 is 23.9 Å². The molecular formula is C14H21N3O5. The summed E-state index contributed by atoms with van der Waals surface area (Å²) in [6.45, 7) is 6.08. The standard InChI is InChI=1S/C14H21N3O5/c1-14(2,3)22-13(21)17-10(18)5-4-9(12(17)20)16-7-6-15-8-11(16)19/h9,15H,4-8H2,1-3H3. The summed E-state index contributed by atoms with van der Waals surface area (Å²) in [5.41, 5.74) is -0.810. The number of carbonyl (C=O) groups excluding carboxylic acids is 4. The summed E-state index contributed by atoms with van der Waals surface area (Å²) in [5, 5.41) is 2.92. The Bertz CT molecular complexity index is 511. The van der Waals surface area contributed by atoms with Crippen LogP contribution in [0.4, 0.5) is 4.79 Å². The maximum Gasteiger partial charge on any atom is 0.424 e. The van der Waals surface area contributed by atoms with Gasteiger partial charge in [0.2, 0.25) is 11.8 Å². The van der Waals surface area contributed by atoms with Crippen LogP contribution in [0, 0.1) is 0 Å². The van der Waals surface area contributed by atoms with Crippen LogP contribution in [-0.4, -0.2) is 64.9 Å². The Kier molecular flexibility index (Phi) is 4.50. The number of piperidine rings is 1. The predicted molar refractivity (Wildman–Crippen MR) is 75.7 cm³/mol. The van der Waals surface area contributed by atoms with E-state index in [1.807, 2.05) is 0 Å². The third kappa shape index (κ3) is 3.44. The number of imide groups is 3. The van der Waals surface area contributed by atoms with Gasteiger partial charge >= 0.3 is 6.09 Å². The molecule has 2 aliphatic rings. The van der Waals surface area contributed by atoms with Gasteiger partial charge < -0.3 is 15.0 Å². The summed E-state index contributed by atoms with van der Waals surface area (Å²) in [5.74, 6) is -1.47. The van der Waals surface area contributed by atoms with Crippen LogP contribution in [0.1, 0.15) is 33.6 Å². The molecule has 8 nitrogen and oxygen atoms in total. The lowest BCUT2D eigenvalue weighted by Crippen LogP contribution is -2.61. The van der Waals surface area contributed by atoms with Gasteiger partial charge in [0.05, 0.1) is 6.54 Å². The molecule has 1 unspecified atom stereocenters. The molecule has 8 heteroatoms. The fourth-order valence-electron chi connectivity index (χ4n) is 2.51. The molecule has 2 rings (SSSR count). The molecule has 2 aliphatic heterocycles. The highest BCUT2D eigenvalue weighted by atomic mass is 16.6. The Morgan fingerprint density at radius 3 is 2.50 bits per heavy atom. The summed E-state index contributed by atoms with van der Waals surface area (Å²) in [6, 6.07) is -0.778. The number of hydrogen-bond donors (Lipinski definition) is 1. The van der Waals surface area contributed by atoms with E-state index in [1.165, 1.54) is 4.90 Å². The predicted octanol–water partition coefficient (Wildman–Crippen LogP) is -0.129. The van der Waals surface area contributed by atoms with Crippen molar-refractivity contribution >= 4 is 23.8 Å². The van der Waals surface area contributed by atoms with Crippen LogP contribution < -0.4 is 5.32 Å². The van der Waals surface area contributed by atoms with E-state index >= 15 is 0 Å². The number of rotatable bonds is 1. The number of ether oxygens (including phenoxy) is 1. The zero-order valence-corrected chi connectivity index (χ0v) is 13.0. The molecule has 1 atom stereocenters. The highest BCUT2D eigenvalue weighted by molar-refractivity contribution is 6.12. The van der Waals surface area contributed by atoms with Crippen molar-refractivity contribution in [1.29, 1.82) is 0 Å². The van der Waals surface area contributed by atoms with E-state index in [0.717, 1.165) is 0 Å². The monoisotopic (exact) mass is 311 g/mol. The molecule has 0 spiro atoms. The Hall–Kier alpha value is -1.96. The molecule has 0 aromatic heterocycles. The third-order valence-electron chi connectivity index (χ3n) is 3.46. The van der Waals surface area contributed by atoms with E-state index in [9.17, 15) is 19.2 Å². The summed E-state index contributed by atoms with van der Waals surface area (Å²) in [4.78, 5) is 50.4. The van der Waals surface area contributed by atoms with E-state index in [1.54, 1.807) is 20.8 Å². The van der Waals surface area contributed by atoms with Gasteiger partial charge in [-0.2, -0.15) is 4.90 Å². The molecule has 22 heavy (non-hydrogen) atoms. The Morgan fingerprint density at radius 2 is 1.91 bits per heavy atom. The summed E-state index contributed by atoms with van der Waals surface area (Å²) >= 11 is 0. The highest BCUT2D eigenvalue weighted by Gasteiger charge is 2.44. The SMILES string of the molecule is CC(C)(C)OC(=O)N1C(=O)CCC(N2CCNCC2=O)C1=O. The second kappa shape index (κ2) is 6.04. The van der Waals surface area contributed by atoms with E-state index in [2.05, 4.69) is 5.32 Å². The first kappa shape index (κ1) is 16.4. The van der Waals surface area contributed by atoms with E-state index in [4.69, 9.17) is 4.74 Å². The topological polar surface area (TPSA) is 96.0 Å². The maximum atomic E-state index is 12.5. The number of nitrogens with one attached hydrogen (secondary N) is 1. The normalized spacial score (nSPS) is 23.8. The van der Waals surface area contributed by atoms with Crippen molar-refractivity contribution in [3.05, 3.63) is 0 Å². The van der Waals surface area contributed by atoms with Crippen LogP contribution >= 0.6 is 0 Å². The van der Waals surface area contributed by atoms with Crippen molar-refractivity contribution in [3.8, 4) is 0 Å². The van der Waals surface area contributed by atoms with Gasteiger partial charge in [0, 0.05) is 19.5 Å². The molecule has 1 N–H and O–H groups in total. The number of amides is 4. The molecule has 0 bridgehead atoms. The smallest absolute Gasteiger partial charge is 0.424 e. The fourth-order valence-corrected chi connectivity index (χ4v) is 2.51. The summed E-state index contributed by atoms with van der Waals surface area (Å²) in [6.07, 6.45) is -0.704. The first-order chi connectivity index (χ1) is 10.2. The minimum atomic E-state index is -0.977. The van der Waals surface area contributed by atoms with Crippen LogP contribution in [0.15, 0.2) is 0 Å². The van der Waals surface area contributed by atoms with Crippen LogP contribution in [0.25, 0.3) is 0 Å². The van der Waals surface area contributed by atoms with Crippen LogP contribution in [-0.2, 0) is 19.1 Å². The second-order valence-corrected chi connectivity index (χ2v) is 6.37. The largest absolute Gasteiger partial charge is 0.443 e. The molecule has 4 amide bonds. The molecule has 0 saturated carbocycles. The Labute approximate surface area is 128 Å². The summed E-state index contributed by atoms with van der Waals surface area (Å²) in [7, 11) is 0. The number of piperazine rings is 1. The molecule has 0 radical (unpaired) electrons. The minimum absolute atomic E-state index is 0.0346. The lowest BCUT2D eigenvalue weighted by molar-refractivity contribution is -0.156. The van der Waals surface area contributed by atoms with E-state index in [-0.39, 0.29) is 25.3 Å². The molecule has 122 valence electrons. The van der Waals surface area contributed by atoms with Crippen molar-refractivity contribution in [3.63, 3.8) is 0 Å². The third-order valence-corrected chi connectivity index (χ3v) is 3.46. The van der Waals surface area contributed by atoms with Gasteiger partial charge in [0.25, 0.3) is 5.91 Å². The van der Waals surface area contributed by atoms with Crippen LogP contribution in [0.2, 0.25) is 0 Å². The first-order valence-electron chi connectivity index (χ1n) is 7.30. The van der Waals surface area contributed by atoms with Crippen LogP contribution in [0.3, 0.4) is 0 Å². The molecule has 0 aromatic carbocycles.